The van der Waals surface area contributed by atoms with Crippen molar-refractivity contribution in [2.75, 3.05) is 7.11 Å². The maximum atomic E-state index is 12.8. The Hall–Kier alpha value is -1.82. The number of ether oxygens (including phenoxy) is 1. The fourth-order valence-electron chi connectivity index (χ4n) is 1.48. The lowest BCUT2D eigenvalue weighted by Gasteiger charge is -1.97. The van der Waals surface area contributed by atoms with E-state index in [1.807, 2.05) is 6.92 Å². The highest BCUT2D eigenvalue weighted by molar-refractivity contribution is 7.12. The van der Waals surface area contributed by atoms with Crippen LogP contribution in [-0.4, -0.2) is 23.0 Å². The van der Waals surface area contributed by atoms with Crippen LogP contribution in [-0.2, 0) is 16.0 Å². The minimum absolute atomic E-state index is 0.142. The highest BCUT2D eigenvalue weighted by Gasteiger charge is 2.13. The second-order valence-corrected chi connectivity index (χ2v) is 4.91. The van der Waals surface area contributed by atoms with E-state index in [1.165, 1.54) is 24.5 Å². The Morgan fingerprint density at radius 1 is 1.50 bits per heavy atom. The van der Waals surface area contributed by atoms with E-state index in [-0.39, 0.29) is 18.2 Å². The third kappa shape index (κ3) is 2.70. The van der Waals surface area contributed by atoms with Crippen LogP contribution in [0.5, 0.6) is 0 Å². The first-order valence-electron chi connectivity index (χ1n) is 5.25. The molecule has 4 nitrogen and oxygen atoms in total. The molecule has 2 heterocycles. The quantitative estimate of drug-likeness (QED) is 0.800. The second kappa shape index (κ2) is 5.22. The van der Waals surface area contributed by atoms with Gasteiger partial charge in [0.25, 0.3) is 0 Å². The predicted molar refractivity (Wildman–Crippen MR) is 65.8 cm³/mol. The lowest BCUT2D eigenvalue weighted by Crippen LogP contribution is -2.03. The number of thiazole rings is 1. The average Bonchev–Trinajstić information content (AvgIpc) is 2.71. The third-order valence-corrected chi connectivity index (χ3v) is 3.30. The molecule has 0 spiro atoms. The highest BCUT2D eigenvalue weighted by Crippen LogP contribution is 2.26. The van der Waals surface area contributed by atoms with Crippen LogP contribution in [0.15, 0.2) is 18.3 Å². The fourth-order valence-corrected chi connectivity index (χ4v) is 2.40. The van der Waals surface area contributed by atoms with Crippen LogP contribution < -0.4 is 0 Å². The molecule has 0 aliphatic heterocycles. The van der Waals surface area contributed by atoms with Gasteiger partial charge in [-0.25, -0.2) is 9.37 Å². The number of hydrogen-bond acceptors (Lipinski definition) is 5. The molecule has 0 fully saturated rings. The van der Waals surface area contributed by atoms with Crippen LogP contribution in [0.2, 0.25) is 0 Å². The Morgan fingerprint density at radius 2 is 2.28 bits per heavy atom. The lowest BCUT2D eigenvalue weighted by atomic mass is 10.2. The molecule has 0 aromatic carbocycles. The summed E-state index contributed by atoms with van der Waals surface area (Å²) < 4.78 is 17.4. The lowest BCUT2D eigenvalue weighted by molar-refractivity contribution is -0.139. The summed E-state index contributed by atoms with van der Waals surface area (Å²) >= 11 is 1.41. The molecule has 2 aromatic rings. The van der Waals surface area contributed by atoms with Gasteiger partial charge in [-0.15, -0.1) is 11.3 Å². The maximum Gasteiger partial charge on any atom is 0.312 e. The monoisotopic (exact) mass is 266 g/mol. The van der Waals surface area contributed by atoms with Crippen LogP contribution >= 0.6 is 11.3 Å². The van der Waals surface area contributed by atoms with E-state index >= 15 is 0 Å². The number of methoxy groups -OCH3 is 1. The molecule has 0 saturated heterocycles. The minimum atomic E-state index is -0.388. The summed E-state index contributed by atoms with van der Waals surface area (Å²) in [4.78, 5) is 20.4. The number of nitrogens with zero attached hydrogens (tertiary/aromatic N) is 2. The van der Waals surface area contributed by atoms with E-state index in [0.717, 1.165) is 11.1 Å². The fraction of sp³-hybridized carbons (Fsp3) is 0.250. The molecule has 0 bridgehead atoms. The molecule has 0 atom stereocenters. The van der Waals surface area contributed by atoms with Crippen molar-refractivity contribution in [2.45, 2.75) is 13.3 Å². The molecule has 0 unspecified atom stereocenters. The predicted octanol–water partition coefficient (Wildman–Crippen LogP) is 2.37. The Morgan fingerprint density at radius 3 is 2.89 bits per heavy atom. The van der Waals surface area contributed by atoms with Crippen molar-refractivity contribution in [1.82, 2.24) is 9.97 Å². The summed E-state index contributed by atoms with van der Waals surface area (Å²) in [5, 5.41) is 0.667. The molecule has 0 saturated carbocycles. The van der Waals surface area contributed by atoms with Crippen molar-refractivity contribution in [3.8, 4) is 11.4 Å². The van der Waals surface area contributed by atoms with Crippen LogP contribution in [0.1, 0.15) is 9.88 Å². The Kier molecular flexibility index (Phi) is 3.66. The summed E-state index contributed by atoms with van der Waals surface area (Å²) in [5.41, 5.74) is 1.28. The molecule has 0 radical (unpaired) electrons. The summed E-state index contributed by atoms with van der Waals surface area (Å²) in [6.45, 7) is 1.89. The zero-order valence-corrected chi connectivity index (χ0v) is 10.8. The molecule has 0 N–H and O–H groups in total. The normalized spacial score (nSPS) is 10.4. The molecule has 6 heteroatoms. The van der Waals surface area contributed by atoms with Gasteiger partial charge in [0.2, 0.25) is 0 Å². The van der Waals surface area contributed by atoms with Gasteiger partial charge in [-0.2, -0.15) is 0 Å². The van der Waals surface area contributed by atoms with Gasteiger partial charge in [-0.1, -0.05) is 0 Å². The number of carbonyl (C=O) groups is 1. The Balaban J connectivity index is 2.29. The Labute approximate surface area is 107 Å². The number of halogens is 1. The summed E-state index contributed by atoms with van der Waals surface area (Å²) in [6.07, 6.45) is 1.29. The first-order valence-corrected chi connectivity index (χ1v) is 6.07. The minimum Gasteiger partial charge on any atom is -0.469 e. The van der Waals surface area contributed by atoms with E-state index in [1.54, 1.807) is 6.07 Å². The van der Waals surface area contributed by atoms with Gasteiger partial charge in [0.1, 0.15) is 16.5 Å². The van der Waals surface area contributed by atoms with Gasteiger partial charge in [0.15, 0.2) is 0 Å². The summed E-state index contributed by atoms with van der Waals surface area (Å²) in [7, 11) is 1.34. The van der Waals surface area contributed by atoms with Gasteiger partial charge < -0.3 is 4.74 Å². The van der Waals surface area contributed by atoms with E-state index in [4.69, 9.17) is 0 Å². The van der Waals surface area contributed by atoms with Crippen molar-refractivity contribution in [2.24, 2.45) is 0 Å². The molecule has 2 aromatic heterocycles. The Bertz CT molecular complexity index is 566. The molecular formula is C12H11FN2O2S. The standard InChI is InChI=1S/C12H11FN2O2S/c1-7-12(9-4-3-8(13)6-14-9)15-10(18-7)5-11(16)17-2/h3-4,6H,5H2,1-2H3. The number of carbonyl (C=O) groups excluding carboxylic acids is 1. The van der Waals surface area contributed by atoms with Crippen molar-refractivity contribution >= 4 is 17.3 Å². The number of pyridine rings is 1. The number of esters is 1. The van der Waals surface area contributed by atoms with Crippen molar-refractivity contribution in [1.29, 1.82) is 0 Å². The maximum absolute atomic E-state index is 12.8. The number of aryl methyl sites for hydroxylation is 1. The molecule has 94 valence electrons. The molecule has 0 amide bonds. The summed E-state index contributed by atoms with van der Waals surface area (Å²) in [6, 6.07) is 2.90. The van der Waals surface area contributed by atoms with E-state index < -0.39 is 0 Å². The molecular weight excluding hydrogens is 255 g/mol. The second-order valence-electron chi connectivity index (χ2n) is 3.63. The first kappa shape index (κ1) is 12.6. The number of hydrogen-bond donors (Lipinski definition) is 0. The van der Waals surface area contributed by atoms with Gasteiger partial charge >= 0.3 is 5.97 Å². The van der Waals surface area contributed by atoms with Crippen molar-refractivity contribution < 1.29 is 13.9 Å². The average molecular weight is 266 g/mol. The zero-order chi connectivity index (χ0) is 13.1. The molecule has 0 aliphatic carbocycles. The highest BCUT2D eigenvalue weighted by atomic mass is 32.1. The van der Waals surface area contributed by atoms with Crippen molar-refractivity contribution in [3.63, 3.8) is 0 Å². The molecule has 0 aliphatic rings. The molecule has 2 rings (SSSR count). The summed E-state index contributed by atoms with van der Waals surface area (Å²) in [5.74, 6) is -0.719. The first-order chi connectivity index (χ1) is 8.60. The van der Waals surface area contributed by atoms with Crippen LogP contribution in [0.3, 0.4) is 0 Å². The SMILES string of the molecule is COC(=O)Cc1nc(-c2ccc(F)cn2)c(C)s1. The van der Waals surface area contributed by atoms with Crippen LogP contribution in [0.4, 0.5) is 4.39 Å². The number of rotatable bonds is 3. The van der Waals surface area contributed by atoms with Crippen LogP contribution in [0, 0.1) is 12.7 Å². The van der Waals surface area contributed by atoms with E-state index in [2.05, 4.69) is 14.7 Å². The van der Waals surface area contributed by atoms with E-state index in [9.17, 15) is 9.18 Å². The van der Waals surface area contributed by atoms with Gasteiger partial charge in [-0.3, -0.25) is 9.78 Å². The van der Waals surface area contributed by atoms with E-state index in [0.29, 0.717) is 16.4 Å². The van der Waals surface area contributed by atoms with Crippen molar-refractivity contribution in [3.05, 3.63) is 34.0 Å². The number of aromatic nitrogens is 2. The zero-order valence-electron chi connectivity index (χ0n) is 9.94. The van der Waals surface area contributed by atoms with Gasteiger partial charge in [-0.05, 0) is 19.1 Å². The smallest absolute Gasteiger partial charge is 0.312 e. The molecule has 18 heavy (non-hydrogen) atoms. The topological polar surface area (TPSA) is 52.1 Å². The van der Waals surface area contributed by atoms with Gasteiger partial charge in [0.05, 0.1) is 25.4 Å². The van der Waals surface area contributed by atoms with Gasteiger partial charge in [0, 0.05) is 4.88 Å². The van der Waals surface area contributed by atoms with Crippen LogP contribution in [0.25, 0.3) is 11.4 Å². The third-order valence-electron chi connectivity index (χ3n) is 2.33. The largest absolute Gasteiger partial charge is 0.469 e.